The van der Waals surface area contributed by atoms with Gasteiger partial charge < -0.3 is 4.90 Å². The highest BCUT2D eigenvalue weighted by Gasteiger charge is 2.31. The summed E-state index contributed by atoms with van der Waals surface area (Å²) in [7, 11) is 0. The fraction of sp³-hybridized carbons (Fsp3) is 0.385. The number of carbonyl (C=O) groups excluding carboxylic acids is 3. The molecule has 0 aromatic carbocycles. The van der Waals surface area contributed by atoms with E-state index in [1.165, 1.54) is 24.9 Å². The zero-order chi connectivity index (χ0) is 13.8. The average Bonchev–Trinajstić information content (AvgIpc) is 2.77. The summed E-state index contributed by atoms with van der Waals surface area (Å²) in [5.74, 6) is 0.775. The van der Waals surface area contributed by atoms with E-state index >= 15 is 0 Å². The van der Waals surface area contributed by atoms with E-state index in [2.05, 4.69) is 4.98 Å². The van der Waals surface area contributed by atoms with Crippen molar-refractivity contribution in [1.29, 1.82) is 0 Å². The van der Waals surface area contributed by atoms with Crippen LogP contribution in [0.4, 0.5) is 5.69 Å². The van der Waals surface area contributed by atoms with Gasteiger partial charge >= 0.3 is 0 Å². The minimum Gasteiger partial charge on any atom is -0.311 e. The maximum Gasteiger partial charge on any atom is 0.227 e. The minimum atomic E-state index is -0.0107. The van der Waals surface area contributed by atoms with Gasteiger partial charge in [0, 0.05) is 38.0 Å². The molecule has 0 aliphatic carbocycles. The standard InChI is InChI=1S/C13H14N2O3S/c1-9(17)19-8-10-4-13(18)15(6-10)12-2-3-14-5-11(12)7-16/h2-3,5,7,10H,4,6,8H2,1H3. The van der Waals surface area contributed by atoms with E-state index in [4.69, 9.17) is 0 Å². The molecule has 1 fully saturated rings. The first-order chi connectivity index (χ1) is 9.11. The van der Waals surface area contributed by atoms with Crippen LogP contribution >= 0.6 is 11.8 Å². The number of hydrogen-bond acceptors (Lipinski definition) is 5. The number of amides is 1. The van der Waals surface area contributed by atoms with E-state index in [-0.39, 0.29) is 16.9 Å². The Hall–Kier alpha value is -1.69. The van der Waals surface area contributed by atoms with Crippen LogP contribution in [0.5, 0.6) is 0 Å². The zero-order valence-electron chi connectivity index (χ0n) is 10.5. The van der Waals surface area contributed by atoms with Gasteiger partial charge in [-0.1, -0.05) is 11.8 Å². The first-order valence-corrected chi connectivity index (χ1v) is 6.93. The van der Waals surface area contributed by atoms with Crippen LogP contribution < -0.4 is 4.90 Å². The third-order valence-corrected chi connectivity index (χ3v) is 4.02. The minimum absolute atomic E-state index is 0.0107. The molecule has 1 aromatic heterocycles. The Labute approximate surface area is 115 Å². The Morgan fingerprint density at radius 1 is 1.63 bits per heavy atom. The average molecular weight is 278 g/mol. The number of aromatic nitrogens is 1. The molecule has 1 saturated heterocycles. The second-order valence-electron chi connectivity index (χ2n) is 4.43. The number of rotatable bonds is 4. The topological polar surface area (TPSA) is 67.3 Å². The van der Waals surface area contributed by atoms with Crippen LogP contribution in [0.25, 0.3) is 0 Å². The van der Waals surface area contributed by atoms with Crippen molar-refractivity contribution in [1.82, 2.24) is 4.98 Å². The second kappa shape index (κ2) is 5.97. The SMILES string of the molecule is CC(=O)SCC1CC(=O)N(c2ccncc2C=O)C1. The number of nitrogens with zero attached hydrogens (tertiary/aromatic N) is 2. The lowest BCUT2D eigenvalue weighted by molar-refractivity contribution is -0.117. The summed E-state index contributed by atoms with van der Waals surface area (Å²) >= 11 is 1.24. The summed E-state index contributed by atoms with van der Waals surface area (Å²) in [5, 5.41) is 0.0587. The summed E-state index contributed by atoms with van der Waals surface area (Å²) in [6, 6.07) is 1.67. The molecule has 2 heterocycles. The molecule has 1 aliphatic rings. The van der Waals surface area contributed by atoms with Gasteiger partial charge in [-0.2, -0.15) is 0 Å². The Bertz CT molecular complexity index is 518. The molecule has 5 nitrogen and oxygen atoms in total. The Morgan fingerprint density at radius 2 is 2.42 bits per heavy atom. The van der Waals surface area contributed by atoms with E-state index in [1.807, 2.05) is 0 Å². The van der Waals surface area contributed by atoms with Crippen LogP contribution in [0.1, 0.15) is 23.7 Å². The molecule has 0 spiro atoms. The van der Waals surface area contributed by atoms with E-state index in [9.17, 15) is 14.4 Å². The van der Waals surface area contributed by atoms with Crippen LogP contribution in [-0.4, -0.2) is 34.6 Å². The van der Waals surface area contributed by atoms with E-state index in [0.717, 1.165) is 0 Å². The van der Waals surface area contributed by atoms with Crippen molar-refractivity contribution in [2.24, 2.45) is 5.92 Å². The van der Waals surface area contributed by atoms with Gasteiger partial charge in [-0.05, 0) is 12.0 Å². The Kier molecular flexibility index (Phi) is 4.31. The largest absolute Gasteiger partial charge is 0.311 e. The van der Waals surface area contributed by atoms with Gasteiger partial charge in [-0.3, -0.25) is 19.4 Å². The van der Waals surface area contributed by atoms with Crippen molar-refractivity contribution in [2.45, 2.75) is 13.3 Å². The maximum absolute atomic E-state index is 12.0. The third-order valence-electron chi connectivity index (χ3n) is 2.97. The number of carbonyl (C=O) groups is 3. The molecule has 1 atom stereocenters. The quantitative estimate of drug-likeness (QED) is 0.781. The molecule has 1 unspecified atom stereocenters. The van der Waals surface area contributed by atoms with E-state index < -0.39 is 0 Å². The van der Waals surface area contributed by atoms with Gasteiger partial charge in [0.05, 0.1) is 11.3 Å². The molecular formula is C13H14N2O3S. The molecule has 1 amide bonds. The maximum atomic E-state index is 12.0. The molecule has 2 rings (SSSR count). The number of thioether (sulfide) groups is 1. The monoisotopic (exact) mass is 278 g/mol. The molecule has 0 bridgehead atoms. The molecule has 1 aliphatic heterocycles. The lowest BCUT2D eigenvalue weighted by Crippen LogP contribution is -2.26. The van der Waals surface area contributed by atoms with Crippen molar-refractivity contribution in [3.05, 3.63) is 24.0 Å². The van der Waals surface area contributed by atoms with E-state index in [1.54, 1.807) is 17.2 Å². The van der Waals surface area contributed by atoms with Gasteiger partial charge in [0.25, 0.3) is 0 Å². The highest BCUT2D eigenvalue weighted by Crippen LogP contribution is 2.28. The Balaban J connectivity index is 2.11. The van der Waals surface area contributed by atoms with Gasteiger partial charge in [0.15, 0.2) is 11.4 Å². The van der Waals surface area contributed by atoms with Crippen LogP contribution in [0.2, 0.25) is 0 Å². The van der Waals surface area contributed by atoms with Crippen molar-refractivity contribution in [3.63, 3.8) is 0 Å². The number of pyridine rings is 1. The normalized spacial score (nSPS) is 18.7. The highest BCUT2D eigenvalue weighted by molar-refractivity contribution is 8.13. The fourth-order valence-electron chi connectivity index (χ4n) is 2.10. The smallest absolute Gasteiger partial charge is 0.227 e. The predicted octanol–water partition coefficient (Wildman–Crippen LogP) is 1.53. The van der Waals surface area contributed by atoms with Crippen LogP contribution in [0, 0.1) is 5.92 Å². The summed E-state index contributed by atoms with van der Waals surface area (Å²) in [6.07, 6.45) is 4.13. The van der Waals surface area contributed by atoms with Crippen LogP contribution in [0.3, 0.4) is 0 Å². The molecule has 100 valence electrons. The third kappa shape index (κ3) is 3.20. The molecule has 0 N–H and O–H groups in total. The predicted molar refractivity (Wildman–Crippen MR) is 73.2 cm³/mol. The molecule has 0 radical (unpaired) electrons. The molecule has 1 aromatic rings. The molecule has 6 heteroatoms. The summed E-state index contributed by atoms with van der Waals surface area (Å²) in [6.45, 7) is 2.07. The lowest BCUT2D eigenvalue weighted by Gasteiger charge is -2.18. The van der Waals surface area contributed by atoms with Gasteiger partial charge in [0.2, 0.25) is 5.91 Å². The number of hydrogen-bond donors (Lipinski definition) is 0. The first kappa shape index (κ1) is 13.7. The molecular weight excluding hydrogens is 264 g/mol. The fourth-order valence-corrected chi connectivity index (χ4v) is 2.79. The van der Waals surface area contributed by atoms with E-state index in [0.29, 0.717) is 36.3 Å². The van der Waals surface area contributed by atoms with Crippen molar-refractivity contribution < 1.29 is 14.4 Å². The molecule has 19 heavy (non-hydrogen) atoms. The number of anilines is 1. The van der Waals surface area contributed by atoms with Crippen molar-refractivity contribution >= 4 is 34.8 Å². The summed E-state index contributed by atoms with van der Waals surface area (Å²) < 4.78 is 0. The summed E-state index contributed by atoms with van der Waals surface area (Å²) in [4.78, 5) is 39.4. The van der Waals surface area contributed by atoms with Crippen molar-refractivity contribution in [2.75, 3.05) is 17.2 Å². The van der Waals surface area contributed by atoms with Gasteiger partial charge in [-0.25, -0.2) is 0 Å². The van der Waals surface area contributed by atoms with Gasteiger partial charge in [0.1, 0.15) is 0 Å². The lowest BCUT2D eigenvalue weighted by atomic mass is 10.1. The first-order valence-electron chi connectivity index (χ1n) is 5.94. The second-order valence-corrected chi connectivity index (χ2v) is 5.63. The van der Waals surface area contributed by atoms with Gasteiger partial charge in [-0.15, -0.1) is 0 Å². The van der Waals surface area contributed by atoms with Crippen LogP contribution in [0.15, 0.2) is 18.5 Å². The number of aldehydes is 1. The van der Waals surface area contributed by atoms with Crippen LogP contribution in [-0.2, 0) is 9.59 Å². The van der Waals surface area contributed by atoms with Crippen molar-refractivity contribution in [3.8, 4) is 0 Å². The summed E-state index contributed by atoms with van der Waals surface area (Å²) in [5.41, 5.74) is 1.01. The Morgan fingerprint density at radius 3 is 3.11 bits per heavy atom. The molecule has 0 saturated carbocycles. The highest BCUT2D eigenvalue weighted by atomic mass is 32.2. The zero-order valence-corrected chi connectivity index (χ0v) is 11.4.